The molecule has 0 aromatic carbocycles. The van der Waals surface area contributed by atoms with Gasteiger partial charge in [0.15, 0.2) is 0 Å². The summed E-state index contributed by atoms with van der Waals surface area (Å²) in [6.45, 7) is 5.70. The van der Waals surface area contributed by atoms with E-state index in [1.165, 1.54) is 35.9 Å². The second-order valence-corrected chi connectivity index (χ2v) is 8.45. The number of halogens is 1. The summed E-state index contributed by atoms with van der Waals surface area (Å²) < 4.78 is 40.1. The lowest BCUT2D eigenvalue weighted by Gasteiger charge is -2.22. The average molecular weight is 522 g/mol. The van der Waals surface area contributed by atoms with Crippen molar-refractivity contribution in [2.45, 2.75) is 25.7 Å². The summed E-state index contributed by atoms with van der Waals surface area (Å²) in [5, 5.41) is 0.514. The molecule has 0 unspecified atom stereocenters. The molecule has 0 fully saturated rings. The molecule has 3 heterocycles. The minimum Gasteiger partial charge on any atom is -0.475 e. The number of ether oxygens (including phenoxy) is 5. The van der Waals surface area contributed by atoms with Crippen LogP contribution < -0.4 is 14.2 Å². The molecule has 0 spiro atoms. The van der Waals surface area contributed by atoms with E-state index in [9.17, 15) is 0 Å². The van der Waals surface area contributed by atoms with Crippen molar-refractivity contribution < 1.29 is 23.7 Å². The molecule has 0 aliphatic carbocycles. The van der Waals surface area contributed by atoms with Gasteiger partial charge >= 0.3 is 6.01 Å². The Morgan fingerprint density at radius 2 is 1.64 bits per heavy atom. The molecular formula is C20H32ClN5O5S2. The quantitative estimate of drug-likeness (QED) is 0.306. The van der Waals surface area contributed by atoms with Crippen molar-refractivity contribution >= 4 is 41.2 Å². The van der Waals surface area contributed by atoms with Crippen LogP contribution in [0, 0.1) is 0 Å². The lowest BCUT2D eigenvalue weighted by Crippen LogP contribution is -2.25. The maximum absolute atomic E-state index is 5.83. The Morgan fingerprint density at radius 1 is 0.939 bits per heavy atom. The summed E-state index contributed by atoms with van der Waals surface area (Å²) in [5.74, 6) is 0.638. The van der Waals surface area contributed by atoms with Crippen molar-refractivity contribution in [3.63, 3.8) is 0 Å². The van der Waals surface area contributed by atoms with E-state index >= 15 is 0 Å². The fourth-order valence-electron chi connectivity index (χ4n) is 2.99. The Morgan fingerprint density at radius 3 is 2.30 bits per heavy atom. The number of hydrogen-bond acceptors (Lipinski definition) is 12. The molecule has 2 aromatic rings. The molecule has 1 aliphatic rings. The van der Waals surface area contributed by atoms with Gasteiger partial charge in [-0.25, -0.2) is 0 Å². The first-order valence-corrected chi connectivity index (χ1v) is 12.3. The summed E-state index contributed by atoms with van der Waals surface area (Å²) in [4.78, 5) is 6.33. The van der Waals surface area contributed by atoms with E-state index in [0.29, 0.717) is 56.7 Å². The van der Waals surface area contributed by atoms with Crippen LogP contribution in [-0.2, 0) is 9.47 Å². The standard InChI is InChI=1S/C20H31N5O5S2.ClH/c1-25-8-3-7-16(15-25)17-18(23-32-22-17)29-13-5-11-27-9-4-10-28-12-6-14-30-20-21-19(26-2)24-31-20;/h7H,3-6,8-15H2,1-2H3;1H. The van der Waals surface area contributed by atoms with E-state index < -0.39 is 0 Å². The van der Waals surface area contributed by atoms with Crippen LogP contribution in [0.25, 0.3) is 5.57 Å². The number of rotatable bonds is 16. The second-order valence-electron chi connectivity index (χ2n) is 7.20. The molecule has 3 rings (SSSR count). The minimum absolute atomic E-state index is 0. The third-order valence-corrected chi connectivity index (χ3v) is 5.71. The molecule has 0 radical (unpaired) electrons. The average Bonchev–Trinajstić information content (AvgIpc) is 3.46. The number of likely N-dealkylation sites (N-methyl/N-ethyl adjacent to an activating group) is 1. The first-order chi connectivity index (χ1) is 15.8. The molecule has 0 amide bonds. The van der Waals surface area contributed by atoms with Crippen molar-refractivity contribution in [1.29, 1.82) is 0 Å². The maximum Gasteiger partial charge on any atom is 0.331 e. The molecule has 33 heavy (non-hydrogen) atoms. The van der Waals surface area contributed by atoms with Crippen molar-refractivity contribution in [1.82, 2.24) is 23.0 Å². The smallest absolute Gasteiger partial charge is 0.331 e. The van der Waals surface area contributed by atoms with Crippen LogP contribution in [0.15, 0.2) is 6.08 Å². The highest BCUT2D eigenvalue weighted by Gasteiger charge is 2.18. The lowest BCUT2D eigenvalue weighted by atomic mass is 10.1. The Hall–Kier alpha value is -1.57. The van der Waals surface area contributed by atoms with E-state index in [1.54, 1.807) is 0 Å². The van der Waals surface area contributed by atoms with Crippen molar-refractivity contribution in [2.75, 3.05) is 66.9 Å². The minimum atomic E-state index is 0. The Balaban J connectivity index is 0.00000385. The normalized spacial score (nSPS) is 13.9. The van der Waals surface area contributed by atoms with Crippen molar-refractivity contribution in [3.8, 4) is 17.1 Å². The molecule has 0 saturated carbocycles. The second kappa shape index (κ2) is 16.1. The first-order valence-electron chi connectivity index (χ1n) is 10.8. The van der Waals surface area contributed by atoms with Crippen LogP contribution in [0.2, 0.25) is 0 Å². The van der Waals surface area contributed by atoms with Crippen molar-refractivity contribution in [3.05, 3.63) is 11.8 Å². The molecule has 0 atom stereocenters. The van der Waals surface area contributed by atoms with E-state index in [2.05, 4.69) is 36.1 Å². The van der Waals surface area contributed by atoms with Gasteiger partial charge in [0.05, 0.1) is 32.1 Å². The fourth-order valence-corrected chi connectivity index (χ4v) is 4.05. The summed E-state index contributed by atoms with van der Waals surface area (Å²) >= 11 is 2.38. The van der Waals surface area contributed by atoms with Gasteiger partial charge in [-0.05, 0) is 25.5 Å². The van der Waals surface area contributed by atoms with Gasteiger partial charge in [-0.1, -0.05) is 6.08 Å². The SMILES string of the molecule is COc1nsc(OCCCOCCCOCCCOc2nsnc2C2=CCCN(C)C2)n1.Cl. The van der Waals surface area contributed by atoms with E-state index in [4.69, 9.17) is 23.7 Å². The van der Waals surface area contributed by atoms with Crippen LogP contribution in [0.5, 0.6) is 17.1 Å². The predicted molar refractivity (Wildman–Crippen MR) is 130 cm³/mol. The molecule has 186 valence electrons. The van der Waals surface area contributed by atoms with E-state index in [1.807, 2.05) is 0 Å². The molecule has 10 nitrogen and oxygen atoms in total. The Bertz CT molecular complexity index is 822. The summed E-state index contributed by atoms with van der Waals surface area (Å²) in [6.07, 6.45) is 5.73. The van der Waals surface area contributed by atoms with Gasteiger partial charge in [0.25, 0.3) is 11.1 Å². The van der Waals surface area contributed by atoms with Gasteiger partial charge in [-0.2, -0.15) is 4.37 Å². The zero-order valence-corrected chi connectivity index (χ0v) is 21.5. The third kappa shape index (κ3) is 10.1. The monoisotopic (exact) mass is 521 g/mol. The van der Waals surface area contributed by atoms with E-state index in [-0.39, 0.29) is 12.4 Å². The highest BCUT2D eigenvalue weighted by atomic mass is 35.5. The topological polar surface area (TPSA) is 101 Å². The zero-order valence-electron chi connectivity index (χ0n) is 19.1. The molecule has 0 bridgehead atoms. The summed E-state index contributed by atoms with van der Waals surface area (Å²) in [6, 6.07) is 0.336. The molecular weight excluding hydrogens is 490 g/mol. The van der Waals surface area contributed by atoms with Gasteiger partial charge in [0, 0.05) is 63.9 Å². The van der Waals surface area contributed by atoms with Gasteiger partial charge in [-0.3, -0.25) is 0 Å². The molecule has 13 heteroatoms. The third-order valence-electron chi connectivity index (χ3n) is 4.58. The molecule has 1 aliphatic heterocycles. The highest BCUT2D eigenvalue weighted by Crippen LogP contribution is 2.27. The van der Waals surface area contributed by atoms with E-state index in [0.717, 1.165) is 44.5 Å². The summed E-state index contributed by atoms with van der Waals surface area (Å²) in [7, 11) is 3.64. The largest absolute Gasteiger partial charge is 0.475 e. The van der Waals surface area contributed by atoms with Crippen LogP contribution in [0.1, 0.15) is 31.4 Å². The number of nitrogens with zero attached hydrogens (tertiary/aromatic N) is 5. The van der Waals surface area contributed by atoms with Gasteiger partial charge in [0.2, 0.25) is 0 Å². The van der Waals surface area contributed by atoms with Crippen LogP contribution in [0.4, 0.5) is 0 Å². The summed E-state index contributed by atoms with van der Waals surface area (Å²) in [5.41, 5.74) is 2.08. The molecule has 2 aromatic heterocycles. The molecule has 0 saturated heterocycles. The molecule has 0 N–H and O–H groups in total. The van der Waals surface area contributed by atoms with Gasteiger partial charge < -0.3 is 28.6 Å². The van der Waals surface area contributed by atoms with Crippen LogP contribution in [0.3, 0.4) is 0 Å². The van der Waals surface area contributed by atoms with Gasteiger partial charge in [-0.15, -0.1) is 26.1 Å². The first kappa shape index (κ1) is 27.7. The zero-order chi connectivity index (χ0) is 22.4. The highest BCUT2D eigenvalue weighted by molar-refractivity contribution is 7.07. The number of aromatic nitrogens is 4. The van der Waals surface area contributed by atoms with Crippen LogP contribution >= 0.6 is 35.7 Å². The number of hydrogen-bond donors (Lipinski definition) is 0. The Labute approximate surface area is 209 Å². The van der Waals surface area contributed by atoms with Gasteiger partial charge in [0.1, 0.15) is 5.69 Å². The number of methoxy groups -OCH3 is 1. The van der Waals surface area contributed by atoms with Crippen molar-refractivity contribution in [2.24, 2.45) is 0 Å². The fraction of sp³-hybridized carbons (Fsp3) is 0.700. The Kier molecular flexibility index (Phi) is 13.5. The van der Waals surface area contributed by atoms with Crippen LogP contribution in [-0.4, -0.2) is 89.9 Å². The maximum atomic E-state index is 5.83. The predicted octanol–water partition coefficient (Wildman–Crippen LogP) is 3.20. The lowest BCUT2D eigenvalue weighted by molar-refractivity contribution is 0.0728.